The largest absolute Gasteiger partial charge is 0.573 e. The van der Waals surface area contributed by atoms with Gasteiger partial charge >= 0.3 is 12.7 Å². The predicted molar refractivity (Wildman–Crippen MR) is 333 cm³/mol. The van der Waals surface area contributed by atoms with E-state index in [1.165, 1.54) is 24.3 Å². The molecule has 13 aromatic carbocycles. The Bertz CT molecular complexity index is 5130. The molecule has 17 rings (SSSR count). The molecule has 87 heavy (non-hydrogen) atoms. The zero-order chi connectivity index (χ0) is 58.5. The molecule has 0 saturated carbocycles. The number of benzene rings is 13. The van der Waals surface area contributed by atoms with Crippen molar-refractivity contribution in [3.05, 3.63) is 277 Å². The third-order valence-corrected chi connectivity index (χ3v) is 17.4. The molecule has 2 aromatic heterocycles. The van der Waals surface area contributed by atoms with E-state index in [9.17, 15) is 26.3 Å². The van der Waals surface area contributed by atoms with Crippen molar-refractivity contribution in [3.63, 3.8) is 0 Å². The molecule has 2 heterocycles. The molecule has 2 aliphatic carbocycles. The highest BCUT2D eigenvalue weighted by Gasteiger charge is 2.53. The van der Waals surface area contributed by atoms with Crippen LogP contribution < -0.4 is 19.3 Å². The number of fused-ring (bicyclic) bond motifs is 22. The van der Waals surface area contributed by atoms with E-state index in [2.05, 4.69) is 119 Å². The van der Waals surface area contributed by atoms with E-state index in [0.717, 1.165) is 98.4 Å². The SMILES string of the molecule is FC(F)(F)Oc1ccc(N(c2ccc3c(c2)C2(c4ccccc4-c4cc5c6ccccc6c6ccccc6c5cc42)c2cc(N(c4ccc(OC(F)(F)F)cc4)c4cccc5c4oc4ccccc45)ccc2-3)c2cccc3c2oc2ccccc23)cc1. The van der Waals surface area contributed by atoms with Crippen LogP contribution in [0.1, 0.15) is 22.3 Å². The summed E-state index contributed by atoms with van der Waals surface area (Å²) in [5.74, 6) is -0.731. The van der Waals surface area contributed by atoms with E-state index >= 15 is 0 Å². The summed E-state index contributed by atoms with van der Waals surface area (Å²) < 4.78 is 105. The number of anilines is 6. The fourth-order valence-corrected chi connectivity index (χ4v) is 14.1. The highest BCUT2D eigenvalue weighted by atomic mass is 19.4. The molecular formula is C75H42F6N2O4. The van der Waals surface area contributed by atoms with E-state index in [1.807, 2.05) is 107 Å². The van der Waals surface area contributed by atoms with Crippen molar-refractivity contribution in [2.75, 3.05) is 9.80 Å². The average Bonchev–Trinajstić information content (AvgIpc) is 1.51. The van der Waals surface area contributed by atoms with Crippen LogP contribution in [0.4, 0.5) is 60.5 Å². The second-order valence-electron chi connectivity index (χ2n) is 22.0. The van der Waals surface area contributed by atoms with Crippen LogP contribution in [0.2, 0.25) is 0 Å². The molecule has 1 spiro atoms. The molecule has 0 fully saturated rings. The second kappa shape index (κ2) is 18.5. The number of rotatable bonds is 8. The Labute approximate surface area is 491 Å². The van der Waals surface area contributed by atoms with Crippen molar-refractivity contribution in [2.45, 2.75) is 18.1 Å². The van der Waals surface area contributed by atoms with E-state index in [-0.39, 0.29) is 11.5 Å². The van der Waals surface area contributed by atoms with E-state index in [1.54, 1.807) is 24.3 Å². The minimum atomic E-state index is -4.91. The van der Waals surface area contributed by atoms with Crippen molar-refractivity contribution >= 4 is 110 Å². The summed E-state index contributed by atoms with van der Waals surface area (Å²) in [7, 11) is 0. The van der Waals surface area contributed by atoms with E-state index in [4.69, 9.17) is 8.83 Å². The number of halogens is 6. The standard InChI is InChI=1S/C75H42F6N2O4/c76-74(77,78)86-47-33-27-43(28-34-47)82(67-23-11-20-58-56-18-6-9-25-69(56)84-71(58)67)45-31-37-54-55-38-32-46(83(44-29-35-48(36-30-44)87-75(79,80)81)68-24-12-21-59-57-19-7-10-26-70(57)85-72(59)68)40-65(55)73(64(54)39-45)63-22-8-5-17-53(63)62-41-60-51-15-3-1-13-49(51)50-14-2-4-16-52(50)61(60)42-66(62)73/h1-42H. The van der Waals surface area contributed by atoms with Crippen molar-refractivity contribution in [3.8, 4) is 33.8 Å². The van der Waals surface area contributed by atoms with E-state index < -0.39 is 18.1 Å². The molecule has 6 nitrogen and oxygen atoms in total. The number of ether oxygens (including phenoxy) is 2. The molecule has 2 aliphatic rings. The first-order valence-corrected chi connectivity index (χ1v) is 28.3. The molecule has 0 N–H and O–H groups in total. The van der Waals surface area contributed by atoms with Gasteiger partial charge in [-0.05, 0) is 186 Å². The van der Waals surface area contributed by atoms with Gasteiger partial charge in [0, 0.05) is 44.3 Å². The van der Waals surface area contributed by atoms with Crippen LogP contribution in [0.15, 0.2) is 264 Å². The summed E-state index contributed by atoms with van der Waals surface area (Å²) in [6.07, 6.45) is -9.81. The van der Waals surface area contributed by atoms with Crippen molar-refractivity contribution in [1.82, 2.24) is 0 Å². The van der Waals surface area contributed by atoms with Gasteiger partial charge < -0.3 is 28.1 Å². The summed E-state index contributed by atoms with van der Waals surface area (Å²) >= 11 is 0. The molecule has 0 bridgehead atoms. The monoisotopic (exact) mass is 1150 g/mol. The first kappa shape index (κ1) is 50.5. The van der Waals surface area contributed by atoms with Gasteiger partial charge in [0.25, 0.3) is 0 Å². The van der Waals surface area contributed by atoms with Crippen molar-refractivity contribution in [1.29, 1.82) is 0 Å². The van der Waals surface area contributed by atoms with Gasteiger partial charge in [-0.15, -0.1) is 26.3 Å². The van der Waals surface area contributed by atoms with Crippen LogP contribution in [0.5, 0.6) is 11.5 Å². The lowest BCUT2D eigenvalue weighted by Gasteiger charge is -2.33. The minimum Gasteiger partial charge on any atom is -0.454 e. The molecule has 12 heteroatoms. The lowest BCUT2D eigenvalue weighted by atomic mass is 9.70. The summed E-state index contributed by atoms with van der Waals surface area (Å²) in [4.78, 5) is 4.04. The van der Waals surface area contributed by atoms with Crippen LogP contribution >= 0.6 is 0 Å². The van der Waals surface area contributed by atoms with Crippen LogP contribution in [0.25, 0.3) is 98.4 Å². The summed E-state index contributed by atoms with van der Waals surface area (Å²) in [6.45, 7) is 0. The van der Waals surface area contributed by atoms with Crippen LogP contribution in [-0.4, -0.2) is 12.7 Å². The van der Waals surface area contributed by atoms with Crippen molar-refractivity contribution in [2.24, 2.45) is 0 Å². The summed E-state index contributed by atoms with van der Waals surface area (Å²) in [5.41, 5.74) is 13.2. The molecular weight excluding hydrogens is 1110 g/mol. The van der Waals surface area contributed by atoms with Gasteiger partial charge in [-0.25, -0.2) is 0 Å². The number of alkyl halides is 6. The molecule has 15 aromatic rings. The lowest BCUT2D eigenvalue weighted by Crippen LogP contribution is -2.26. The fraction of sp³-hybridized carbons (Fsp3) is 0.0400. The van der Waals surface area contributed by atoms with Crippen LogP contribution in [0, 0.1) is 0 Å². The number of hydrogen-bond acceptors (Lipinski definition) is 6. The summed E-state index contributed by atoms with van der Waals surface area (Å²) in [5, 5.41) is 10.2. The Balaban J connectivity index is 0.961. The molecule has 0 aliphatic heterocycles. The molecule has 0 atom stereocenters. The number of para-hydroxylation sites is 4. The van der Waals surface area contributed by atoms with Gasteiger partial charge in [-0.3, -0.25) is 0 Å². The van der Waals surface area contributed by atoms with E-state index in [0.29, 0.717) is 56.5 Å². The Morgan fingerprint density at radius 2 is 0.655 bits per heavy atom. The number of nitrogens with zero attached hydrogens (tertiary/aromatic N) is 2. The fourth-order valence-electron chi connectivity index (χ4n) is 14.1. The number of furan rings is 2. The highest BCUT2D eigenvalue weighted by Crippen LogP contribution is 2.65. The molecule has 418 valence electrons. The average molecular weight is 1150 g/mol. The Kier molecular flexibility index (Phi) is 10.7. The molecule has 0 unspecified atom stereocenters. The maximum Gasteiger partial charge on any atom is 0.573 e. The van der Waals surface area contributed by atoms with Gasteiger partial charge in [0.05, 0.1) is 16.8 Å². The normalized spacial score (nSPS) is 13.3. The number of hydrogen-bond donors (Lipinski definition) is 0. The first-order valence-electron chi connectivity index (χ1n) is 28.3. The molecule has 0 radical (unpaired) electrons. The third-order valence-electron chi connectivity index (χ3n) is 17.4. The maximum absolute atomic E-state index is 13.8. The first-order chi connectivity index (χ1) is 42.4. The maximum atomic E-state index is 13.8. The third kappa shape index (κ3) is 7.69. The minimum absolute atomic E-state index is 0.366. The molecule has 0 amide bonds. The van der Waals surface area contributed by atoms with Gasteiger partial charge in [0.1, 0.15) is 22.7 Å². The lowest BCUT2D eigenvalue weighted by molar-refractivity contribution is -0.275. The van der Waals surface area contributed by atoms with Crippen molar-refractivity contribution < 1.29 is 44.7 Å². The van der Waals surface area contributed by atoms with Crippen LogP contribution in [0.3, 0.4) is 0 Å². The predicted octanol–water partition coefficient (Wildman–Crippen LogP) is 22.0. The van der Waals surface area contributed by atoms with Crippen LogP contribution in [-0.2, 0) is 5.41 Å². The van der Waals surface area contributed by atoms with Gasteiger partial charge in [-0.2, -0.15) is 0 Å². The quantitative estimate of drug-likeness (QED) is 0.112. The van der Waals surface area contributed by atoms with Gasteiger partial charge in [0.15, 0.2) is 11.2 Å². The topological polar surface area (TPSA) is 51.2 Å². The van der Waals surface area contributed by atoms with Gasteiger partial charge in [0.2, 0.25) is 0 Å². The smallest absolute Gasteiger partial charge is 0.454 e. The second-order valence-corrected chi connectivity index (χ2v) is 22.0. The Hall–Kier alpha value is -11.0. The molecule has 0 saturated heterocycles. The Morgan fingerprint density at radius 1 is 0.287 bits per heavy atom. The zero-order valence-corrected chi connectivity index (χ0v) is 45.5. The highest BCUT2D eigenvalue weighted by molar-refractivity contribution is 6.26. The summed E-state index contributed by atoms with van der Waals surface area (Å²) in [6, 6.07) is 82.1. The zero-order valence-electron chi connectivity index (χ0n) is 45.5. The van der Waals surface area contributed by atoms with Gasteiger partial charge in [-0.1, -0.05) is 146 Å². The Morgan fingerprint density at radius 3 is 1.13 bits per heavy atom.